The van der Waals surface area contributed by atoms with Gasteiger partial charge in [0.1, 0.15) is 0 Å². The highest BCUT2D eigenvalue weighted by atomic mass is 16.1. The van der Waals surface area contributed by atoms with Crippen LogP contribution in [-0.2, 0) is 0 Å². The zero-order valence-electron chi connectivity index (χ0n) is 8.57. The van der Waals surface area contributed by atoms with Gasteiger partial charge in [-0.3, -0.25) is 9.59 Å². The van der Waals surface area contributed by atoms with Crippen LogP contribution < -0.4 is 0 Å². The average molecular weight is 200 g/mol. The van der Waals surface area contributed by atoms with Gasteiger partial charge in [-0.2, -0.15) is 0 Å². The van der Waals surface area contributed by atoms with Crippen LogP contribution in [0.2, 0.25) is 0 Å². The third-order valence-corrected chi connectivity index (χ3v) is 2.06. The molecule has 1 rings (SSSR count). The van der Waals surface area contributed by atoms with Crippen molar-refractivity contribution in [1.82, 2.24) is 0 Å². The molecular weight excluding hydrogens is 188 g/mol. The summed E-state index contributed by atoms with van der Waals surface area (Å²) < 4.78 is 0. The van der Waals surface area contributed by atoms with Crippen LogP contribution in [-0.4, -0.2) is 12.1 Å². The fraction of sp³-hybridized carbons (Fsp3) is 0.0769. The molecule has 0 bridgehead atoms. The number of hydrogen-bond donors (Lipinski definition) is 0. The van der Waals surface area contributed by atoms with Crippen molar-refractivity contribution in [3.8, 4) is 0 Å². The summed E-state index contributed by atoms with van der Waals surface area (Å²) in [6.45, 7) is 5.22. The number of Topliss-reactive ketones (excluding diaryl/α,β-unsaturated/α-hetero) is 1. The lowest BCUT2D eigenvalue weighted by Gasteiger charge is -2.02. The molecule has 0 spiro atoms. The van der Waals surface area contributed by atoms with Gasteiger partial charge in [-0.1, -0.05) is 43.0 Å². The minimum absolute atomic E-state index is 0.141. The van der Waals surface area contributed by atoms with E-state index in [0.717, 1.165) is 0 Å². The van der Waals surface area contributed by atoms with Crippen LogP contribution in [0.5, 0.6) is 0 Å². The number of hydrogen-bond acceptors (Lipinski definition) is 2. The molecule has 0 amide bonds. The highest BCUT2D eigenvalue weighted by Crippen LogP contribution is 2.12. The van der Waals surface area contributed by atoms with Crippen LogP contribution in [0.4, 0.5) is 0 Å². The number of ketones is 1. The van der Waals surface area contributed by atoms with E-state index in [2.05, 4.69) is 6.58 Å². The summed E-state index contributed by atoms with van der Waals surface area (Å²) in [5.41, 5.74) is 1.42. The Labute approximate surface area is 88.9 Å². The third-order valence-electron chi connectivity index (χ3n) is 2.06. The van der Waals surface area contributed by atoms with Gasteiger partial charge in [0.05, 0.1) is 0 Å². The van der Waals surface area contributed by atoms with E-state index in [9.17, 15) is 9.59 Å². The summed E-state index contributed by atoms with van der Waals surface area (Å²) in [5, 5.41) is 0. The Morgan fingerprint density at radius 2 is 2.00 bits per heavy atom. The van der Waals surface area contributed by atoms with E-state index in [-0.39, 0.29) is 5.78 Å². The van der Waals surface area contributed by atoms with E-state index < -0.39 is 0 Å². The third kappa shape index (κ3) is 2.50. The van der Waals surface area contributed by atoms with E-state index in [4.69, 9.17) is 0 Å². The molecule has 0 heterocycles. The molecule has 76 valence electrons. The van der Waals surface area contributed by atoms with Crippen LogP contribution in [0.15, 0.2) is 48.6 Å². The summed E-state index contributed by atoms with van der Waals surface area (Å²) in [4.78, 5) is 22.6. The Bertz CT molecular complexity index is 428. The van der Waals surface area contributed by atoms with Crippen molar-refractivity contribution in [2.45, 2.75) is 6.92 Å². The fourth-order valence-corrected chi connectivity index (χ4v) is 1.27. The second-order valence-electron chi connectivity index (χ2n) is 3.12. The standard InChI is InChI=1S/C13H12O2/c1-3-6-10(2)13(15)12-8-5-4-7-11(12)9-14/h3-9H,1H2,2H3/b10-6-. The van der Waals surface area contributed by atoms with Gasteiger partial charge in [0.25, 0.3) is 0 Å². The lowest BCUT2D eigenvalue weighted by atomic mass is 10.00. The molecule has 0 saturated heterocycles. The van der Waals surface area contributed by atoms with Crippen molar-refractivity contribution in [2.75, 3.05) is 0 Å². The molecule has 0 aliphatic heterocycles. The van der Waals surface area contributed by atoms with Gasteiger partial charge in [-0.25, -0.2) is 0 Å². The van der Waals surface area contributed by atoms with Gasteiger partial charge in [0.15, 0.2) is 12.1 Å². The van der Waals surface area contributed by atoms with Crippen LogP contribution in [0, 0.1) is 0 Å². The molecule has 0 saturated carbocycles. The normalized spacial score (nSPS) is 10.9. The number of rotatable bonds is 4. The highest BCUT2D eigenvalue weighted by Gasteiger charge is 2.11. The Morgan fingerprint density at radius 1 is 1.33 bits per heavy atom. The Kier molecular flexibility index (Phi) is 3.75. The van der Waals surface area contributed by atoms with Crippen molar-refractivity contribution < 1.29 is 9.59 Å². The van der Waals surface area contributed by atoms with Crippen molar-refractivity contribution in [3.05, 3.63) is 59.7 Å². The molecule has 0 fully saturated rings. The number of carbonyl (C=O) groups is 2. The highest BCUT2D eigenvalue weighted by molar-refractivity contribution is 6.12. The number of carbonyl (C=O) groups excluding carboxylic acids is 2. The van der Waals surface area contributed by atoms with Gasteiger partial charge in [0, 0.05) is 11.1 Å². The second kappa shape index (κ2) is 5.05. The summed E-state index contributed by atoms with van der Waals surface area (Å²) >= 11 is 0. The second-order valence-corrected chi connectivity index (χ2v) is 3.12. The van der Waals surface area contributed by atoms with Crippen LogP contribution in [0.25, 0.3) is 0 Å². The molecule has 0 radical (unpaired) electrons. The van der Waals surface area contributed by atoms with Crippen LogP contribution >= 0.6 is 0 Å². The number of allylic oxidation sites excluding steroid dienone is 3. The molecule has 0 aromatic heterocycles. The van der Waals surface area contributed by atoms with Gasteiger partial charge in [0.2, 0.25) is 0 Å². The monoisotopic (exact) mass is 200 g/mol. The maximum atomic E-state index is 11.8. The molecule has 1 aromatic carbocycles. The first kappa shape index (κ1) is 11.1. The van der Waals surface area contributed by atoms with Crippen molar-refractivity contribution in [1.29, 1.82) is 0 Å². The summed E-state index contributed by atoms with van der Waals surface area (Å²) in [6.07, 6.45) is 3.87. The van der Waals surface area contributed by atoms with E-state index in [1.165, 1.54) is 0 Å². The van der Waals surface area contributed by atoms with Crippen LogP contribution in [0.3, 0.4) is 0 Å². The molecule has 0 aliphatic rings. The quantitative estimate of drug-likeness (QED) is 0.324. The van der Waals surface area contributed by atoms with Gasteiger partial charge < -0.3 is 0 Å². The van der Waals surface area contributed by atoms with Gasteiger partial charge in [-0.15, -0.1) is 0 Å². The van der Waals surface area contributed by atoms with Crippen molar-refractivity contribution >= 4 is 12.1 Å². The van der Waals surface area contributed by atoms with Gasteiger partial charge in [-0.05, 0) is 12.5 Å². The van der Waals surface area contributed by atoms with Crippen molar-refractivity contribution in [3.63, 3.8) is 0 Å². The molecule has 0 N–H and O–H groups in total. The smallest absolute Gasteiger partial charge is 0.189 e. The maximum absolute atomic E-state index is 11.8. The first-order valence-electron chi connectivity index (χ1n) is 4.59. The Hall–Kier alpha value is -1.96. The van der Waals surface area contributed by atoms with Gasteiger partial charge >= 0.3 is 0 Å². The molecule has 1 aromatic rings. The van der Waals surface area contributed by atoms with E-state index in [1.54, 1.807) is 43.3 Å². The molecule has 15 heavy (non-hydrogen) atoms. The first-order chi connectivity index (χ1) is 7.20. The summed E-state index contributed by atoms with van der Waals surface area (Å²) in [7, 11) is 0. The molecule has 2 nitrogen and oxygen atoms in total. The number of aldehydes is 1. The maximum Gasteiger partial charge on any atom is 0.189 e. The Balaban J connectivity index is 3.16. The topological polar surface area (TPSA) is 34.1 Å². The zero-order valence-corrected chi connectivity index (χ0v) is 8.57. The van der Waals surface area contributed by atoms with E-state index in [0.29, 0.717) is 23.0 Å². The minimum Gasteiger partial charge on any atom is -0.298 e. The van der Waals surface area contributed by atoms with Crippen LogP contribution in [0.1, 0.15) is 27.6 Å². The molecule has 2 heteroatoms. The number of benzene rings is 1. The average Bonchev–Trinajstić information content (AvgIpc) is 2.28. The Morgan fingerprint density at radius 3 is 2.60 bits per heavy atom. The lowest BCUT2D eigenvalue weighted by molar-refractivity contribution is 0.102. The predicted molar refractivity (Wildman–Crippen MR) is 60.1 cm³/mol. The van der Waals surface area contributed by atoms with E-state index in [1.807, 2.05) is 0 Å². The summed E-state index contributed by atoms with van der Waals surface area (Å²) in [6, 6.07) is 6.74. The zero-order chi connectivity index (χ0) is 11.3. The molecule has 0 aliphatic carbocycles. The molecule has 0 unspecified atom stereocenters. The molecule has 0 atom stereocenters. The first-order valence-corrected chi connectivity index (χ1v) is 4.59. The molecular formula is C13H12O2. The SMILES string of the molecule is C=C/C=C(/C)C(=O)c1ccccc1C=O. The lowest BCUT2D eigenvalue weighted by Crippen LogP contribution is -2.04. The minimum atomic E-state index is -0.141. The largest absolute Gasteiger partial charge is 0.298 e. The van der Waals surface area contributed by atoms with Crippen molar-refractivity contribution in [2.24, 2.45) is 0 Å². The predicted octanol–water partition coefficient (Wildman–Crippen LogP) is 2.81. The summed E-state index contributed by atoms with van der Waals surface area (Å²) in [5.74, 6) is -0.141. The fourth-order valence-electron chi connectivity index (χ4n) is 1.27. The van der Waals surface area contributed by atoms with E-state index >= 15 is 0 Å².